The van der Waals surface area contributed by atoms with E-state index in [4.69, 9.17) is 0 Å². The van der Waals surface area contributed by atoms with Gasteiger partial charge in [-0.1, -0.05) is 6.92 Å². The molecule has 21 heavy (non-hydrogen) atoms. The molecule has 1 fully saturated rings. The third kappa shape index (κ3) is 5.43. The van der Waals surface area contributed by atoms with Crippen molar-refractivity contribution in [3.63, 3.8) is 0 Å². The number of aliphatic hydroxyl groups excluding tert-OH is 2. The molecule has 5 nitrogen and oxygen atoms in total. The van der Waals surface area contributed by atoms with Crippen molar-refractivity contribution in [3.05, 3.63) is 24.0 Å². The van der Waals surface area contributed by atoms with Crippen LogP contribution < -0.4 is 0 Å². The van der Waals surface area contributed by atoms with Gasteiger partial charge in [0.15, 0.2) is 0 Å². The molecule has 0 spiro atoms. The number of piperazine rings is 1. The minimum Gasteiger partial charge on any atom is -0.392 e. The second-order valence-corrected chi connectivity index (χ2v) is 6.21. The lowest BCUT2D eigenvalue weighted by atomic mass is 10.1. The van der Waals surface area contributed by atoms with Crippen LogP contribution in [0.1, 0.15) is 18.9 Å². The van der Waals surface area contributed by atoms with Gasteiger partial charge < -0.3 is 14.8 Å². The smallest absolute Gasteiger partial charge is 0.0707 e. The lowest BCUT2D eigenvalue weighted by Crippen LogP contribution is -2.50. The monoisotopic (exact) mass is 295 g/mol. The highest BCUT2D eigenvalue weighted by Gasteiger charge is 2.20. The van der Waals surface area contributed by atoms with E-state index in [2.05, 4.69) is 22.1 Å². The number of rotatable bonds is 7. The summed E-state index contributed by atoms with van der Waals surface area (Å²) in [5.74, 6) is 0. The zero-order valence-electron chi connectivity index (χ0n) is 13.3. The first kappa shape index (κ1) is 16.5. The molecule has 5 heteroatoms. The summed E-state index contributed by atoms with van der Waals surface area (Å²) in [4.78, 5) is 4.64. The Morgan fingerprint density at radius 2 is 1.62 bits per heavy atom. The Labute approximate surface area is 127 Å². The van der Waals surface area contributed by atoms with Crippen molar-refractivity contribution in [3.8, 4) is 0 Å². The van der Waals surface area contributed by atoms with E-state index in [0.717, 1.165) is 52.1 Å². The van der Waals surface area contributed by atoms with Crippen LogP contribution in [0.5, 0.6) is 0 Å². The molecule has 0 radical (unpaired) electrons. The molecule has 1 aliphatic rings. The zero-order valence-corrected chi connectivity index (χ0v) is 13.3. The summed E-state index contributed by atoms with van der Waals surface area (Å²) in [6.45, 7) is 7.44. The van der Waals surface area contributed by atoms with Gasteiger partial charge in [-0.3, -0.25) is 9.80 Å². The molecule has 0 aliphatic carbocycles. The maximum atomic E-state index is 10.2. The van der Waals surface area contributed by atoms with Crippen molar-refractivity contribution in [1.29, 1.82) is 0 Å². The van der Waals surface area contributed by atoms with Gasteiger partial charge in [0.1, 0.15) is 0 Å². The van der Waals surface area contributed by atoms with E-state index in [1.165, 1.54) is 5.56 Å². The van der Waals surface area contributed by atoms with Gasteiger partial charge in [0.2, 0.25) is 0 Å². The van der Waals surface area contributed by atoms with Gasteiger partial charge in [-0.15, -0.1) is 0 Å². The van der Waals surface area contributed by atoms with E-state index >= 15 is 0 Å². The Balaban J connectivity index is 1.68. The molecule has 120 valence electrons. The molecule has 2 rings (SSSR count). The summed E-state index contributed by atoms with van der Waals surface area (Å²) < 4.78 is 2.01. The van der Waals surface area contributed by atoms with E-state index in [1.54, 1.807) is 0 Å². The molecule has 1 aromatic rings. The van der Waals surface area contributed by atoms with Crippen LogP contribution in [0.4, 0.5) is 0 Å². The highest BCUT2D eigenvalue weighted by Crippen LogP contribution is 2.08. The molecule has 2 atom stereocenters. The average molecular weight is 295 g/mol. The van der Waals surface area contributed by atoms with Crippen LogP contribution in [0.15, 0.2) is 18.5 Å². The van der Waals surface area contributed by atoms with E-state index in [0.29, 0.717) is 0 Å². The van der Waals surface area contributed by atoms with Gasteiger partial charge in [-0.05, 0) is 18.1 Å². The standard InChI is InChI=1S/C16H29N3O2/c1-3-15(20)12-18-6-8-19(9-7-18)13-16(21)10-14-4-5-17(2)11-14/h4-5,11,15-16,20-21H,3,6-10,12-13H2,1-2H3. The zero-order chi connectivity index (χ0) is 15.2. The number of β-amino-alcohol motifs (C(OH)–C–C–N with tert-alkyl or cyclic N) is 2. The summed E-state index contributed by atoms with van der Waals surface area (Å²) in [6, 6.07) is 2.06. The molecule has 0 saturated carbocycles. The van der Waals surface area contributed by atoms with Crippen molar-refractivity contribution in [1.82, 2.24) is 14.4 Å². The van der Waals surface area contributed by atoms with Gasteiger partial charge in [0, 0.05) is 65.1 Å². The first-order valence-electron chi connectivity index (χ1n) is 7.98. The number of nitrogens with zero attached hydrogens (tertiary/aromatic N) is 3. The normalized spacial score (nSPS) is 20.6. The fourth-order valence-corrected chi connectivity index (χ4v) is 2.90. The molecule has 0 aromatic carbocycles. The second kappa shape index (κ2) is 7.94. The summed E-state index contributed by atoms with van der Waals surface area (Å²) in [5.41, 5.74) is 1.19. The fourth-order valence-electron chi connectivity index (χ4n) is 2.90. The number of aromatic nitrogens is 1. The van der Waals surface area contributed by atoms with Crippen LogP contribution in [0.25, 0.3) is 0 Å². The maximum Gasteiger partial charge on any atom is 0.0707 e. The minimum atomic E-state index is -0.305. The van der Waals surface area contributed by atoms with Crippen LogP contribution in [0, 0.1) is 0 Å². The largest absolute Gasteiger partial charge is 0.392 e. The third-order valence-electron chi connectivity index (χ3n) is 4.24. The van der Waals surface area contributed by atoms with Crippen LogP contribution >= 0.6 is 0 Å². The topological polar surface area (TPSA) is 51.9 Å². The predicted molar refractivity (Wildman–Crippen MR) is 84.3 cm³/mol. The van der Waals surface area contributed by atoms with Crippen LogP contribution in [0.3, 0.4) is 0 Å². The molecule has 2 heterocycles. The summed E-state index contributed by atoms with van der Waals surface area (Å²) in [6.07, 6.45) is 5.10. The minimum absolute atomic E-state index is 0.208. The van der Waals surface area contributed by atoms with Crippen LogP contribution in [-0.2, 0) is 13.5 Å². The lowest BCUT2D eigenvalue weighted by molar-refractivity contribution is 0.0480. The van der Waals surface area contributed by atoms with E-state index in [9.17, 15) is 10.2 Å². The van der Waals surface area contributed by atoms with E-state index in [1.807, 2.05) is 24.7 Å². The van der Waals surface area contributed by atoms with Gasteiger partial charge >= 0.3 is 0 Å². The predicted octanol–water partition coefficient (Wildman–Crippen LogP) is 0.317. The molecule has 2 N–H and O–H groups in total. The maximum absolute atomic E-state index is 10.2. The summed E-state index contributed by atoms with van der Waals surface area (Å²) in [5, 5.41) is 19.9. The summed E-state index contributed by atoms with van der Waals surface area (Å²) >= 11 is 0. The quantitative estimate of drug-likeness (QED) is 0.760. The lowest BCUT2D eigenvalue weighted by Gasteiger charge is -2.36. The van der Waals surface area contributed by atoms with Crippen molar-refractivity contribution < 1.29 is 10.2 Å². The number of hydrogen-bond acceptors (Lipinski definition) is 4. The summed E-state index contributed by atoms with van der Waals surface area (Å²) in [7, 11) is 2.00. The van der Waals surface area contributed by atoms with Crippen LogP contribution in [-0.4, -0.2) is 76.1 Å². The van der Waals surface area contributed by atoms with Crippen molar-refractivity contribution in [2.24, 2.45) is 7.05 Å². The van der Waals surface area contributed by atoms with Gasteiger partial charge in [0.05, 0.1) is 12.2 Å². The number of aliphatic hydroxyl groups is 2. The van der Waals surface area contributed by atoms with E-state index in [-0.39, 0.29) is 12.2 Å². The number of aryl methyl sites for hydroxylation is 1. The average Bonchev–Trinajstić information content (AvgIpc) is 2.86. The third-order valence-corrected chi connectivity index (χ3v) is 4.24. The Hall–Kier alpha value is -0.880. The highest BCUT2D eigenvalue weighted by atomic mass is 16.3. The Morgan fingerprint density at radius 1 is 1.05 bits per heavy atom. The van der Waals surface area contributed by atoms with Gasteiger partial charge in [-0.2, -0.15) is 0 Å². The fraction of sp³-hybridized carbons (Fsp3) is 0.750. The molecule has 1 aromatic heterocycles. The van der Waals surface area contributed by atoms with Gasteiger partial charge in [-0.25, -0.2) is 0 Å². The molecular weight excluding hydrogens is 266 g/mol. The van der Waals surface area contributed by atoms with Crippen molar-refractivity contribution in [2.75, 3.05) is 39.3 Å². The van der Waals surface area contributed by atoms with Crippen molar-refractivity contribution in [2.45, 2.75) is 32.0 Å². The van der Waals surface area contributed by atoms with Gasteiger partial charge in [0.25, 0.3) is 0 Å². The first-order valence-corrected chi connectivity index (χ1v) is 7.98. The second-order valence-electron chi connectivity index (χ2n) is 6.21. The Morgan fingerprint density at radius 3 is 2.10 bits per heavy atom. The molecule has 1 aliphatic heterocycles. The Kier molecular flexibility index (Phi) is 6.23. The molecule has 1 saturated heterocycles. The van der Waals surface area contributed by atoms with Crippen molar-refractivity contribution >= 4 is 0 Å². The highest BCUT2D eigenvalue weighted by molar-refractivity contribution is 5.11. The number of hydrogen-bond donors (Lipinski definition) is 2. The van der Waals surface area contributed by atoms with Crippen LogP contribution in [0.2, 0.25) is 0 Å². The SMILES string of the molecule is CCC(O)CN1CCN(CC(O)Cc2ccn(C)c2)CC1. The molecule has 0 bridgehead atoms. The molecule has 2 unspecified atom stereocenters. The molecular formula is C16H29N3O2. The molecule has 0 amide bonds. The first-order chi connectivity index (χ1) is 10.1. The Bertz CT molecular complexity index is 413. The van der Waals surface area contributed by atoms with E-state index < -0.39 is 0 Å².